The minimum absolute atomic E-state index is 0.341. The van der Waals surface area contributed by atoms with Crippen LogP contribution >= 0.6 is 0 Å². The van der Waals surface area contributed by atoms with Crippen molar-refractivity contribution in [1.82, 2.24) is 0 Å². The molecule has 92 valence electrons. The standard InChI is InChI=1S/C10H20O2.C2H7N/c1-2-3-4-5-6-7-8-9-10(11)12;1-2-3/h2-9H2,1H3,(H,11,12);2-3H2,1H3. The van der Waals surface area contributed by atoms with Gasteiger partial charge >= 0.3 is 5.97 Å². The van der Waals surface area contributed by atoms with Gasteiger partial charge in [0.25, 0.3) is 0 Å². The first kappa shape index (κ1) is 16.8. The highest BCUT2D eigenvalue weighted by Crippen LogP contribution is 2.07. The Balaban J connectivity index is 0. The monoisotopic (exact) mass is 217 g/mol. The predicted octanol–water partition coefficient (Wildman–Crippen LogP) is 3.18. The number of unbranched alkanes of at least 4 members (excludes halogenated alkanes) is 6. The SMILES string of the molecule is CCCCCCCCCC(=O)O.CCN. The Morgan fingerprint density at radius 3 is 1.80 bits per heavy atom. The lowest BCUT2D eigenvalue weighted by atomic mass is 10.1. The Morgan fingerprint density at radius 1 is 1.00 bits per heavy atom. The predicted molar refractivity (Wildman–Crippen MR) is 65.0 cm³/mol. The topological polar surface area (TPSA) is 63.3 Å². The van der Waals surface area contributed by atoms with Gasteiger partial charge in [0.15, 0.2) is 0 Å². The maximum atomic E-state index is 10.1. The number of aliphatic carboxylic acids is 1. The summed E-state index contributed by atoms with van der Waals surface area (Å²) in [6.07, 6.45) is 8.64. The van der Waals surface area contributed by atoms with Crippen LogP contribution in [0.2, 0.25) is 0 Å². The van der Waals surface area contributed by atoms with E-state index in [1.807, 2.05) is 6.92 Å². The summed E-state index contributed by atoms with van der Waals surface area (Å²) in [5.74, 6) is -0.663. The van der Waals surface area contributed by atoms with Gasteiger partial charge in [-0.3, -0.25) is 4.79 Å². The van der Waals surface area contributed by atoms with Crippen LogP contribution in [0.15, 0.2) is 0 Å². The molecule has 0 spiro atoms. The molecule has 0 aliphatic heterocycles. The van der Waals surface area contributed by atoms with E-state index in [0.717, 1.165) is 19.4 Å². The van der Waals surface area contributed by atoms with Crippen molar-refractivity contribution in [2.75, 3.05) is 6.54 Å². The quantitative estimate of drug-likeness (QED) is 0.614. The summed E-state index contributed by atoms with van der Waals surface area (Å²) in [7, 11) is 0. The lowest BCUT2D eigenvalue weighted by molar-refractivity contribution is -0.137. The van der Waals surface area contributed by atoms with Crippen molar-refractivity contribution in [1.29, 1.82) is 0 Å². The van der Waals surface area contributed by atoms with Crippen molar-refractivity contribution in [3.8, 4) is 0 Å². The maximum absolute atomic E-state index is 10.1. The van der Waals surface area contributed by atoms with Crippen LogP contribution in [-0.2, 0) is 4.79 Å². The van der Waals surface area contributed by atoms with Crippen LogP contribution in [-0.4, -0.2) is 17.6 Å². The summed E-state index contributed by atoms with van der Waals surface area (Å²) < 4.78 is 0. The fourth-order valence-electron chi connectivity index (χ4n) is 1.23. The smallest absolute Gasteiger partial charge is 0.303 e. The minimum Gasteiger partial charge on any atom is -0.481 e. The van der Waals surface area contributed by atoms with E-state index in [2.05, 4.69) is 6.92 Å². The first-order valence-electron chi connectivity index (χ1n) is 6.10. The van der Waals surface area contributed by atoms with Crippen LogP contribution in [0.4, 0.5) is 0 Å². The van der Waals surface area contributed by atoms with E-state index in [0.29, 0.717) is 6.42 Å². The zero-order chi connectivity index (χ0) is 11.9. The molecule has 0 bridgehead atoms. The zero-order valence-corrected chi connectivity index (χ0v) is 10.3. The molecule has 0 aliphatic carbocycles. The van der Waals surface area contributed by atoms with Gasteiger partial charge in [0, 0.05) is 6.42 Å². The van der Waals surface area contributed by atoms with Crippen LogP contribution in [0.5, 0.6) is 0 Å². The second-order valence-corrected chi connectivity index (χ2v) is 3.67. The van der Waals surface area contributed by atoms with Gasteiger partial charge in [-0.1, -0.05) is 52.4 Å². The van der Waals surface area contributed by atoms with Crippen molar-refractivity contribution in [3.05, 3.63) is 0 Å². The zero-order valence-electron chi connectivity index (χ0n) is 10.3. The van der Waals surface area contributed by atoms with E-state index >= 15 is 0 Å². The van der Waals surface area contributed by atoms with Crippen LogP contribution in [0.25, 0.3) is 0 Å². The third-order valence-corrected chi connectivity index (χ3v) is 1.99. The first-order valence-corrected chi connectivity index (χ1v) is 6.10. The second-order valence-electron chi connectivity index (χ2n) is 3.67. The lowest BCUT2D eigenvalue weighted by Gasteiger charge is -1.98. The summed E-state index contributed by atoms with van der Waals surface area (Å²) in [5.41, 5.74) is 4.85. The fraction of sp³-hybridized carbons (Fsp3) is 0.917. The molecule has 0 unspecified atom stereocenters. The van der Waals surface area contributed by atoms with Gasteiger partial charge in [-0.25, -0.2) is 0 Å². The summed E-state index contributed by atoms with van der Waals surface area (Å²) in [6.45, 7) is 4.85. The average Bonchev–Trinajstić information content (AvgIpc) is 2.17. The van der Waals surface area contributed by atoms with Gasteiger partial charge < -0.3 is 10.8 Å². The molecule has 0 aromatic heterocycles. The van der Waals surface area contributed by atoms with Gasteiger partial charge in [0.2, 0.25) is 0 Å². The van der Waals surface area contributed by atoms with E-state index in [1.165, 1.54) is 32.1 Å². The Hall–Kier alpha value is -0.570. The Morgan fingerprint density at radius 2 is 1.40 bits per heavy atom. The normalized spacial score (nSPS) is 9.27. The molecule has 0 saturated carbocycles. The highest BCUT2D eigenvalue weighted by molar-refractivity contribution is 5.66. The molecule has 0 saturated heterocycles. The van der Waals surface area contributed by atoms with Crippen LogP contribution in [0.3, 0.4) is 0 Å². The molecular formula is C12H27NO2. The van der Waals surface area contributed by atoms with Crippen molar-refractivity contribution < 1.29 is 9.90 Å². The molecule has 0 aromatic carbocycles. The van der Waals surface area contributed by atoms with E-state index in [-0.39, 0.29) is 0 Å². The molecule has 0 rings (SSSR count). The molecule has 15 heavy (non-hydrogen) atoms. The molecule has 3 heteroatoms. The number of hydrogen-bond acceptors (Lipinski definition) is 2. The number of carboxylic acid groups (broad SMARTS) is 1. The minimum atomic E-state index is -0.663. The highest BCUT2D eigenvalue weighted by Gasteiger charge is 1.95. The number of carbonyl (C=O) groups is 1. The van der Waals surface area contributed by atoms with E-state index in [4.69, 9.17) is 10.8 Å². The molecule has 0 atom stereocenters. The van der Waals surface area contributed by atoms with Gasteiger partial charge in [-0.15, -0.1) is 0 Å². The second kappa shape index (κ2) is 15.9. The summed E-state index contributed by atoms with van der Waals surface area (Å²) in [6, 6.07) is 0. The van der Waals surface area contributed by atoms with Crippen LogP contribution in [0.1, 0.15) is 65.2 Å². The van der Waals surface area contributed by atoms with Crippen LogP contribution in [0, 0.1) is 0 Å². The average molecular weight is 217 g/mol. The summed E-state index contributed by atoms with van der Waals surface area (Å²) in [5, 5.41) is 8.35. The van der Waals surface area contributed by atoms with Crippen molar-refractivity contribution in [2.24, 2.45) is 5.73 Å². The largest absolute Gasteiger partial charge is 0.481 e. The Kier molecular flexibility index (Phi) is 17.8. The van der Waals surface area contributed by atoms with E-state index in [1.54, 1.807) is 0 Å². The number of nitrogens with two attached hydrogens (primary N) is 1. The number of rotatable bonds is 8. The Bertz CT molecular complexity index is 127. The molecule has 0 fully saturated rings. The van der Waals surface area contributed by atoms with E-state index < -0.39 is 5.97 Å². The molecule has 0 amide bonds. The lowest BCUT2D eigenvalue weighted by Crippen LogP contribution is -1.93. The van der Waals surface area contributed by atoms with Crippen LogP contribution < -0.4 is 5.73 Å². The molecule has 0 heterocycles. The summed E-state index contributed by atoms with van der Waals surface area (Å²) in [4.78, 5) is 10.1. The van der Waals surface area contributed by atoms with Gasteiger partial charge in [0.1, 0.15) is 0 Å². The maximum Gasteiger partial charge on any atom is 0.303 e. The summed E-state index contributed by atoms with van der Waals surface area (Å²) >= 11 is 0. The fourth-order valence-corrected chi connectivity index (χ4v) is 1.23. The highest BCUT2D eigenvalue weighted by atomic mass is 16.4. The third-order valence-electron chi connectivity index (χ3n) is 1.99. The van der Waals surface area contributed by atoms with Gasteiger partial charge in [-0.2, -0.15) is 0 Å². The van der Waals surface area contributed by atoms with E-state index in [9.17, 15) is 4.79 Å². The first-order chi connectivity index (χ1) is 7.18. The number of carboxylic acids is 1. The number of hydrogen-bond donors (Lipinski definition) is 2. The third kappa shape index (κ3) is 24.7. The van der Waals surface area contributed by atoms with Crippen molar-refractivity contribution in [2.45, 2.75) is 65.2 Å². The Labute approximate surface area is 94.1 Å². The van der Waals surface area contributed by atoms with Crippen molar-refractivity contribution >= 4 is 5.97 Å². The molecular weight excluding hydrogens is 190 g/mol. The molecule has 0 radical (unpaired) electrons. The molecule has 0 aromatic rings. The van der Waals surface area contributed by atoms with Gasteiger partial charge in [-0.05, 0) is 13.0 Å². The van der Waals surface area contributed by atoms with Crippen molar-refractivity contribution in [3.63, 3.8) is 0 Å². The molecule has 3 N–H and O–H groups in total. The molecule has 3 nitrogen and oxygen atoms in total. The van der Waals surface area contributed by atoms with Gasteiger partial charge in [0.05, 0.1) is 0 Å². The molecule has 0 aliphatic rings.